The van der Waals surface area contributed by atoms with E-state index >= 15 is 0 Å². The van der Waals surface area contributed by atoms with E-state index in [0.717, 1.165) is 34.7 Å². The molecule has 1 aromatic heterocycles. The molecule has 0 aliphatic carbocycles. The Morgan fingerprint density at radius 1 is 1.24 bits per heavy atom. The number of thiazole rings is 1. The predicted molar refractivity (Wildman–Crippen MR) is 97.9 cm³/mol. The van der Waals surface area contributed by atoms with Gasteiger partial charge in [-0.2, -0.15) is 0 Å². The first-order chi connectivity index (χ1) is 12.3. The summed E-state index contributed by atoms with van der Waals surface area (Å²) in [5.74, 6) is 0.420. The average molecular weight is 377 g/mol. The second kappa shape index (κ2) is 7.45. The van der Waals surface area contributed by atoms with Gasteiger partial charge < -0.3 is 14.4 Å². The molecule has 0 radical (unpaired) electrons. The molecule has 5 nitrogen and oxygen atoms in total. The number of amides is 1. The number of piperidine rings is 1. The lowest BCUT2D eigenvalue weighted by atomic mass is 10.0. The van der Waals surface area contributed by atoms with E-state index in [2.05, 4.69) is 4.98 Å². The highest BCUT2D eigenvalue weighted by molar-refractivity contribution is 7.98. The molecule has 7 heteroatoms. The van der Waals surface area contributed by atoms with E-state index in [4.69, 9.17) is 9.47 Å². The first kappa shape index (κ1) is 17.0. The molecule has 0 bridgehead atoms. The minimum absolute atomic E-state index is 0.0919. The van der Waals surface area contributed by atoms with Gasteiger partial charge in [-0.05, 0) is 12.1 Å². The van der Waals surface area contributed by atoms with Crippen molar-refractivity contribution >= 4 is 29.0 Å². The van der Waals surface area contributed by atoms with Crippen LogP contribution < -0.4 is 0 Å². The third-order valence-corrected chi connectivity index (χ3v) is 6.34. The number of carbonyl (C=O) groups excluding carboxylic acids is 1. The number of likely N-dealkylation sites (tertiary alicyclic amines) is 1. The maximum Gasteiger partial charge on any atom is 0.254 e. The Hall–Kier alpha value is -1.41. The third-order valence-electron chi connectivity index (χ3n) is 4.60. The lowest BCUT2D eigenvalue weighted by molar-refractivity contribution is -0.181. The zero-order valence-electron chi connectivity index (χ0n) is 13.8. The molecule has 2 saturated heterocycles. The van der Waals surface area contributed by atoms with Crippen LogP contribution >= 0.6 is 23.1 Å². The van der Waals surface area contributed by atoms with Crippen molar-refractivity contribution in [2.45, 2.75) is 29.3 Å². The summed E-state index contributed by atoms with van der Waals surface area (Å²) in [5.41, 5.74) is 3.66. The maximum absolute atomic E-state index is 13.0. The topological polar surface area (TPSA) is 51.7 Å². The average Bonchev–Trinajstić information content (AvgIpc) is 3.33. The summed E-state index contributed by atoms with van der Waals surface area (Å²) in [5, 5.41) is 2.04. The Morgan fingerprint density at radius 2 is 2.00 bits per heavy atom. The van der Waals surface area contributed by atoms with E-state index in [1.54, 1.807) is 23.1 Å². The molecule has 1 amide bonds. The number of thioether (sulfide) groups is 1. The van der Waals surface area contributed by atoms with Crippen molar-refractivity contribution in [1.29, 1.82) is 0 Å². The largest absolute Gasteiger partial charge is 0.347 e. The van der Waals surface area contributed by atoms with Crippen molar-refractivity contribution in [3.63, 3.8) is 0 Å². The summed E-state index contributed by atoms with van der Waals surface area (Å²) in [6.45, 7) is 2.65. The lowest BCUT2D eigenvalue weighted by Crippen LogP contribution is -2.47. The van der Waals surface area contributed by atoms with Gasteiger partial charge in [0.1, 0.15) is 0 Å². The minimum atomic E-state index is -0.449. The summed E-state index contributed by atoms with van der Waals surface area (Å²) in [7, 11) is 0. The number of carbonyl (C=O) groups is 1. The van der Waals surface area contributed by atoms with E-state index in [0.29, 0.717) is 26.3 Å². The monoisotopic (exact) mass is 376 g/mol. The van der Waals surface area contributed by atoms with Gasteiger partial charge in [0.25, 0.3) is 5.91 Å². The Morgan fingerprint density at radius 3 is 2.72 bits per heavy atom. The lowest BCUT2D eigenvalue weighted by Gasteiger charge is -2.37. The van der Waals surface area contributed by atoms with E-state index in [1.165, 1.54) is 0 Å². The van der Waals surface area contributed by atoms with Crippen molar-refractivity contribution in [2.24, 2.45) is 0 Å². The van der Waals surface area contributed by atoms with Crippen LogP contribution in [0.5, 0.6) is 0 Å². The SMILES string of the molecule is O=C(c1ccccc1SCc1cscn1)N1CCC2(CC1)OCCO2. The molecule has 0 N–H and O–H groups in total. The van der Waals surface area contributed by atoms with Crippen LogP contribution in [0.3, 0.4) is 0 Å². The third kappa shape index (κ3) is 3.74. The van der Waals surface area contributed by atoms with E-state index < -0.39 is 5.79 Å². The molecule has 2 aromatic rings. The van der Waals surface area contributed by atoms with Crippen LogP contribution in [0.25, 0.3) is 0 Å². The zero-order chi connectivity index (χ0) is 17.1. The fourth-order valence-electron chi connectivity index (χ4n) is 3.24. The maximum atomic E-state index is 13.0. The summed E-state index contributed by atoms with van der Waals surface area (Å²) in [6.07, 6.45) is 1.49. The first-order valence-electron chi connectivity index (χ1n) is 8.42. The highest BCUT2D eigenvalue weighted by Gasteiger charge is 2.41. The normalized spacial score (nSPS) is 19.4. The van der Waals surface area contributed by atoms with Gasteiger partial charge in [-0.3, -0.25) is 4.79 Å². The smallest absolute Gasteiger partial charge is 0.254 e. The van der Waals surface area contributed by atoms with Crippen LogP contribution in [-0.4, -0.2) is 47.9 Å². The molecular weight excluding hydrogens is 356 g/mol. The molecule has 3 heterocycles. The summed E-state index contributed by atoms with van der Waals surface area (Å²) >= 11 is 3.26. The molecule has 0 saturated carbocycles. The van der Waals surface area contributed by atoms with Crippen LogP contribution in [0, 0.1) is 0 Å². The molecule has 2 fully saturated rings. The van der Waals surface area contributed by atoms with Gasteiger partial charge in [-0.25, -0.2) is 4.98 Å². The van der Waals surface area contributed by atoms with E-state index in [-0.39, 0.29) is 5.91 Å². The number of nitrogens with zero attached hydrogens (tertiary/aromatic N) is 2. The highest BCUT2D eigenvalue weighted by atomic mass is 32.2. The van der Waals surface area contributed by atoms with Crippen LogP contribution in [0.15, 0.2) is 40.1 Å². The Balaban J connectivity index is 1.43. The highest BCUT2D eigenvalue weighted by Crippen LogP contribution is 2.33. The van der Waals surface area contributed by atoms with Gasteiger partial charge in [-0.1, -0.05) is 12.1 Å². The second-order valence-electron chi connectivity index (χ2n) is 6.16. The first-order valence-corrected chi connectivity index (χ1v) is 10.3. The molecule has 2 aliphatic rings. The summed E-state index contributed by atoms with van der Waals surface area (Å²) < 4.78 is 11.5. The molecule has 25 heavy (non-hydrogen) atoms. The quantitative estimate of drug-likeness (QED) is 0.766. The molecule has 0 atom stereocenters. The van der Waals surface area contributed by atoms with Crippen molar-refractivity contribution < 1.29 is 14.3 Å². The molecule has 1 aromatic carbocycles. The van der Waals surface area contributed by atoms with Gasteiger partial charge in [0.2, 0.25) is 0 Å². The fourth-order valence-corrected chi connectivity index (χ4v) is 4.85. The molecular formula is C18H20N2O3S2. The number of hydrogen-bond acceptors (Lipinski definition) is 6. The van der Waals surface area contributed by atoms with Crippen molar-refractivity contribution in [1.82, 2.24) is 9.88 Å². The zero-order valence-corrected chi connectivity index (χ0v) is 15.5. The second-order valence-corrected chi connectivity index (χ2v) is 7.90. The van der Waals surface area contributed by atoms with Crippen molar-refractivity contribution in [3.05, 3.63) is 46.4 Å². The number of benzene rings is 1. The molecule has 132 valence electrons. The van der Waals surface area contributed by atoms with Gasteiger partial charge in [-0.15, -0.1) is 23.1 Å². The Kier molecular flexibility index (Phi) is 5.08. The van der Waals surface area contributed by atoms with Crippen molar-refractivity contribution in [3.8, 4) is 0 Å². The molecule has 4 rings (SSSR count). The van der Waals surface area contributed by atoms with Gasteiger partial charge in [0.15, 0.2) is 5.79 Å². The number of aromatic nitrogens is 1. The van der Waals surface area contributed by atoms with Crippen LogP contribution in [0.2, 0.25) is 0 Å². The van der Waals surface area contributed by atoms with Gasteiger partial charge >= 0.3 is 0 Å². The van der Waals surface area contributed by atoms with E-state index in [1.807, 2.05) is 40.1 Å². The number of rotatable bonds is 4. The Bertz CT molecular complexity index is 720. The van der Waals surface area contributed by atoms with E-state index in [9.17, 15) is 4.79 Å². The van der Waals surface area contributed by atoms with Crippen LogP contribution in [0.4, 0.5) is 0 Å². The number of ether oxygens (including phenoxy) is 2. The standard InChI is InChI=1S/C18H20N2O3S2/c21-17(20-7-5-18(6-8-20)22-9-10-23-18)15-3-1-2-4-16(15)25-12-14-11-24-13-19-14/h1-4,11,13H,5-10,12H2. The molecule has 0 unspecified atom stereocenters. The van der Waals surface area contributed by atoms with Gasteiger partial charge in [0.05, 0.1) is 30.0 Å². The molecule has 2 aliphatic heterocycles. The van der Waals surface area contributed by atoms with Crippen molar-refractivity contribution in [2.75, 3.05) is 26.3 Å². The fraction of sp³-hybridized carbons (Fsp3) is 0.444. The summed E-state index contributed by atoms with van der Waals surface area (Å²) in [4.78, 5) is 20.2. The minimum Gasteiger partial charge on any atom is -0.347 e. The van der Waals surface area contributed by atoms with Gasteiger partial charge in [0, 0.05) is 42.0 Å². The Labute approximate surface area is 155 Å². The van der Waals surface area contributed by atoms with Crippen LogP contribution in [0.1, 0.15) is 28.9 Å². The predicted octanol–water partition coefficient (Wildman–Crippen LogP) is 3.41. The number of hydrogen-bond donors (Lipinski definition) is 0. The molecule has 1 spiro atoms. The summed E-state index contributed by atoms with van der Waals surface area (Å²) in [6, 6.07) is 7.83. The van der Waals surface area contributed by atoms with Crippen LogP contribution in [-0.2, 0) is 15.2 Å².